The monoisotopic (exact) mass is 625 g/mol. The van der Waals surface area contributed by atoms with Gasteiger partial charge in [-0.15, -0.1) is 0 Å². The number of thiazole rings is 1. The van der Waals surface area contributed by atoms with Crippen LogP contribution in [0, 0.1) is 12.7 Å². The van der Waals surface area contributed by atoms with E-state index in [4.69, 9.17) is 19.2 Å². The second-order valence-corrected chi connectivity index (χ2v) is 11.6. The van der Waals surface area contributed by atoms with Gasteiger partial charge in [-0.2, -0.15) is 0 Å². The predicted octanol–water partition coefficient (Wildman–Crippen LogP) is 5.27. The van der Waals surface area contributed by atoms with Crippen molar-refractivity contribution in [2.75, 3.05) is 20.8 Å². The molecule has 0 saturated heterocycles. The van der Waals surface area contributed by atoms with E-state index >= 15 is 0 Å². The molecule has 2 aromatic heterocycles. The number of aromatic nitrogens is 2. The van der Waals surface area contributed by atoms with Crippen LogP contribution in [0.25, 0.3) is 17.0 Å². The Balaban J connectivity index is 1.56. The van der Waals surface area contributed by atoms with Crippen molar-refractivity contribution in [2.24, 2.45) is 4.99 Å². The molecule has 1 aliphatic heterocycles. The standard InChI is InChI=1S/C35H32FN3O5S/c1-6-44-34(41)31-20(2)37-35-39(32(31)22-15-16-28(42-4)29(17-22)43-5)33(40)30(45-35)18-25-21(3)38(27-14-10-8-12-24(25)27)19-23-11-7-9-13-26(23)36/h7-18,32H,6,19H2,1-5H3/b30-18-/t32-/m1/s1. The third-order valence-electron chi connectivity index (χ3n) is 8.08. The van der Waals surface area contributed by atoms with Gasteiger partial charge in [-0.1, -0.05) is 53.8 Å². The highest BCUT2D eigenvalue weighted by Gasteiger charge is 2.34. The summed E-state index contributed by atoms with van der Waals surface area (Å²) in [5.41, 5.74) is 4.36. The van der Waals surface area contributed by atoms with Crippen molar-refractivity contribution < 1.29 is 23.4 Å². The highest BCUT2D eigenvalue weighted by molar-refractivity contribution is 7.07. The molecule has 230 valence electrons. The smallest absolute Gasteiger partial charge is 0.338 e. The summed E-state index contributed by atoms with van der Waals surface area (Å²) in [4.78, 5) is 32.8. The number of carbonyl (C=O) groups is 1. The highest BCUT2D eigenvalue weighted by Crippen LogP contribution is 2.36. The lowest BCUT2D eigenvalue weighted by Crippen LogP contribution is -2.40. The number of methoxy groups -OCH3 is 2. The van der Waals surface area contributed by atoms with Crippen LogP contribution >= 0.6 is 11.3 Å². The van der Waals surface area contributed by atoms with Gasteiger partial charge in [0, 0.05) is 27.7 Å². The molecule has 5 aromatic rings. The normalized spacial score (nSPS) is 14.8. The molecule has 0 spiro atoms. The molecule has 1 aliphatic rings. The Kier molecular flexibility index (Phi) is 8.16. The third kappa shape index (κ3) is 5.25. The van der Waals surface area contributed by atoms with Crippen LogP contribution in [0.3, 0.4) is 0 Å². The Bertz CT molecular complexity index is 2180. The van der Waals surface area contributed by atoms with Crippen molar-refractivity contribution in [3.63, 3.8) is 0 Å². The largest absolute Gasteiger partial charge is 0.493 e. The molecule has 0 amide bonds. The van der Waals surface area contributed by atoms with Crippen LogP contribution in [-0.4, -0.2) is 35.9 Å². The average Bonchev–Trinajstić information content (AvgIpc) is 3.49. The maximum absolute atomic E-state index is 14.7. The van der Waals surface area contributed by atoms with E-state index < -0.39 is 12.0 Å². The Morgan fingerprint density at radius 2 is 1.76 bits per heavy atom. The Labute approximate surface area is 262 Å². The minimum atomic E-state index is -0.800. The van der Waals surface area contributed by atoms with Crippen LogP contribution in [0.4, 0.5) is 4.39 Å². The van der Waals surface area contributed by atoms with Crippen molar-refractivity contribution in [3.8, 4) is 11.5 Å². The van der Waals surface area contributed by atoms with Crippen LogP contribution < -0.4 is 24.4 Å². The fraction of sp³-hybridized carbons (Fsp3) is 0.229. The first-order valence-corrected chi connectivity index (χ1v) is 15.3. The number of ether oxygens (including phenoxy) is 3. The first-order valence-electron chi connectivity index (χ1n) is 14.5. The summed E-state index contributed by atoms with van der Waals surface area (Å²) in [5, 5.41) is 0.942. The molecule has 3 heterocycles. The fourth-order valence-electron chi connectivity index (χ4n) is 5.90. The summed E-state index contributed by atoms with van der Waals surface area (Å²) in [6, 6.07) is 19.1. The summed E-state index contributed by atoms with van der Waals surface area (Å²) in [6.45, 7) is 5.97. The summed E-state index contributed by atoms with van der Waals surface area (Å²) in [7, 11) is 3.08. The summed E-state index contributed by atoms with van der Waals surface area (Å²) < 4.78 is 35.1. The zero-order valence-corrected chi connectivity index (χ0v) is 26.4. The molecular weight excluding hydrogens is 593 g/mol. The Morgan fingerprint density at radius 3 is 2.49 bits per heavy atom. The van der Waals surface area contributed by atoms with E-state index in [1.165, 1.54) is 24.5 Å². The highest BCUT2D eigenvalue weighted by atomic mass is 32.1. The number of carbonyl (C=O) groups excluding carboxylic acids is 1. The van der Waals surface area contributed by atoms with E-state index in [2.05, 4.69) is 4.57 Å². The van der Waals surface area contributed by atoms with Crippen LogP contribution in [0.15, 0.2) is 87.8 Å². The van der Waals surface area contributed by atoms with Gasteiger partial charge in [0.15, 0.2) is 16.3 Å². The molecule has 0 radical (unpaired) electrons. The SMILES string of the molecule is CCOC(=O)C1=C(C)N=c2s/c(=C\c3c(C)n(Cc4ccccc4F)c4ccccc34)c(=O)n2[C@@H]1c1ccc(OC)c(OC)c1. The lowest BCUT2D eigenvalue weighted by atomic mass is 9.95. The van der Waals surface area contributed by atoms with Gasteiger partial charge in [-0.3, -0.25) is 9.36 Å². The van der Waals surface area contributed by atoms with Gasteiger partial charge in [0.2, 0.25) is 0 Å². The topological polar surface area (TPSA) is 84.1 Å². The molecule has 1 atom stereocenters. The quantitative estimate of drug-likeness (QED) is 0.220. The number of halogens is 1. The summed E-state index contributed by atoms with van der Waals surface area (Å²) in [6.07, 6.45) is 1.87. The van der Waals surface area contributed by atoms with Gasteiger partial charge in [-0.25, -0.2) is 14.2 Å². The predicted molar refractivity (Wildman–Crippen MR) is 172 cm³/mol. The number of benzene rings is 3. The molecule has 8 nitrogen and oxygen atoms in total. The molecule has 10 heteroatoms. The van der Waals surface area contributed by atoms with Crippen LogP contribution in [0.1, 0.15) is 42.3 Å². The van der Waals surface area contributed by atoms with Crippen molar-refractivity contribution >= 4 is 34.3 Å². The lowest BCUT2D eigenvalue weighted by molar-refractivity contribution is -0.139. The number of rotatable bonds is 8. The van der Waals surface area contributed by atoms with Gasteiger partial charge >= 0.3 is 5.97 Å². The molecule has 0 fully saturated rings. The molecule has 0 bridgehead atoms. The van der Waals surface area contributed by atoms with E-state index in [1.807, 2.05) is 49.4 Å². The number of nitrogens with zero attached hydrogens (tertiary/aromatic N) is 3. The molecule has 6 rings (SSSR count). The van der Waals surface area contributed by atoms with E-state index in [0.29, 0.717) is 44.2 Å². The van der Waals surface area contributed by atoms with Crippen molar-refractivity contribution in [3.05, 3.63) is 126 Å². The van der Waals surface area contributed by atoms with Gasteiger partial charge in [0.1, 0.15) is 5.82 Å². The number of hydrogen-bond donors (Lipinski definition) is 0. The summed E-state index contributed by atoms with van der Waals surface area (Å²) in [5.74, 6) is 0.176. The van der Waals surface area contributed by atoms with Crippen LogP contribution in [-0.2, 0) is 16.1 Å². The minimum absolute atomic E-state index is 0.176. The molecule has 0 unspecified atom stereocenters. The van der Waals surface area contributed by atoms with E-state index in [1.54, 1.807) is 49.8 Å². The zero-order chi connectivity index (χ0) is 31.8. The van der Waals surface area contributed by atoms with Crippen molar-refractivity contribution in [1.82, 2.24) is 9.13 Å². The number of para-hydroxylation sites is 1. The molecule has 0 aliphatic carbocycles. The maximum Gasteiger partial charge on any atom is 0.338 e. The van der Waals surface area contributed by atoms with E-state index in [0.717, 1.165) is 22.2 Å². The molecule has 0 saturated carbocycles. The minimum Gasteiger partial charge on any atom is -0.493 e. The molecular formula is C35H32FN3O5S. The Hall–Kier alpha value is -4.96. The van der Waals surface area contributed by atoms with Gasteiger partial charge < -0.3 is 18.8 Å². The molecule has 3 aromatic carbocycles. The number of fused-ring (bicyclic) bond motifs is 2. The van der Waals surface area contributed by atoms with Gasteiger partial charge in [0.05, 0.1) is 49.2 Å². The Morgan fingerprint density at radius 1 is 1.02 bits per heavy atom. The zero-order valence-electron chi connectivity index (χ0n) is 25.6. The number of esters is 1. The first-order chi connectivity index (χ1) is 21.8. The van der Waals surface area contributed by atoms with E-state index in [-0.39, 0.29) is 23.6 Å². The van der Waals surface area contributed by atoms with E-state index in [9.17, 15) is 14.0 Å². The summed E-state index contributed by atoms with van der Waals surface area (Å²) >= 11 is 1.25. The number of hydrogen-bond acceptors (Lipinski definition) is 7. The molecule has 45 heavy (non-hydrogen) atoms. The lowest BCUT2D eigenvalue weighted by Gasteiger charge is -2.25. The van der Waals surface area contributed by atoms with Gasteiger partial charge in [-0.05, 0) is 56.7 Å². The molecule has 0 N–H and O–H groups in total. The third-order valence-corrected chi connectivity index (χ3v) is 9.06. The van der Waals surface area contributed by atoms with Crippen molar-refractivity contribution in [1.29, 1.82) is 0 Å². The second kappa shape index (κ2) is 12.2. The first kappa shape index (κ1) is 30.1. The average molecular weight is 626 g/mol. The van der Waals surface area contributed by atoms with Crippen LogP contribution in [0.2, 0.25) is 0 Å². The van der Waals surface area contributed by atoms with Gasteiger partial charge in [0.25, 0.3) is 5.56 Å². The maximum atomic E-state index is 14.7. The second-order valence-electron chi connectivity index (χ2n) is 10.6. The van der Waals surface area contributed by atoms with Crippen molar-refractivity contribution in [2.45, 2.75) is 33.4 Å². The number of allylic oxidation sites excluding steroid dienone is 1. The van der Waals surface area contributed by atoms with Crippen LogP contribution in [0.5, 0.6) is 11.5 Å². The fourth-order valence-corrected chi connectivity index (χ4v) is 6.93.